The van der Waals surface area contributed by atoms with Crippen molar-refractivity contribution in [3.63, 3.8) is 0 Å². The Morgan fingerprint density at radius 2 is 1.81 bits per heavy atom. The minimum atomic E-state index is -3.86. The van der Waals surface area contributed by atoms with E-state index in [2.05, 4.69) is 10.0 Å². The number of nitrogens with one attached hydrogen (secondary N) is 2. The van der Waals surface area contributed by atoms with Crippen LogP contribution in [-0.4, -0.2) is 33.4 Å². The molecule has 0 aliphatic rings. The number of amides is 1. The number of benzene rings is 2. The third-order valence-electron chi connectivity index (χ3n) is 3.36. The number of hydrogen-bond donors (Lipinski definition) is 2. The number of aryl methyl sites for hydroxylation is 1. The Labute approximate surface area is 152 Å². The molecule has 0 saturated carbocycles. The van der Waals surface area contributed by atoms with Gasteiger partial charge in [-0.1, -0.05) is 18.2 Å². The summed E-state index contributed by atoms with van der Waals surface area (Å²) in [5.74, 6) is -1.20. The predicted molar refractivity (Wildman–Crippen MR) is 97.4 cm³/mol. The van der Waals surface area contributed by atoms with Gasteiger partial charge in [-0.25, -0.2) is 13.2 Å². The van der Waals surface area contributed by atoms with Crippen LogP contribution in [0.4, 0.5) is 5.69 Å². The third-order valence-corrected chi connectivity index (χ3v) is 4.74. The van der Waals surface area contributed by atoms with E-state index in [0.29, 0.717) is 12.2 Å². The van der Waals surface area contributed by atoms with Gasteiger partial charge in [-0.3, -0.25) is 9.52 Å². The number of likely N-dealkylation sites (N-methyl/N-ethyl adjacent to an activating group) is 1. The van der Waals surface area contributed by atoms with E-state index in [1.807, 2.05) is 13.0 Å². The fraction of sp³-hybridized carbons (Fsp3) is 0.222. The smallest absolute Gasteiger partial charge is 0.338 e. The van der Waals surface area contributed by atoms with Crippen LogP contribution in [0.15, 0.2) is 53.4 Å². The summed E-state index contributed by atoms with van der Waals surface area (Å²) in [6, 6.07) is 12.4. The van der Waals surface area contributed by atoms with Crippen molar-refractivity contribution in [1.29, 1.82) is 0 Å². The van der Waals surface area contributed by atoms with E-state index >= 15 is 0 Å². The maximum Gasteiger partial charge on any atom is 0.338 e. The maximum absolute atomic E-state index is 12.5. The topological polar surface area (TPSA) is 102 Å². The first-order valence-electron chi connectivity index (χ1n) is 7.95. The molecule has 0 bridgehead atoms. The van der Waals surface area contributed by atoms with Crippen LogP contribution >= 0.6 is 0 Å². The van der Waals surface area contributed by atoms with Gasteiger partial charge in [0.25, 0.3) is 15.9 Å². The largest absolute Gasteiger partial charge is 0.452 e. The molecular formula is C18H20N2O5S. The molecule has 0 fully saturated rings. The molecule has 0 spiro atoms. The Hall–Kier alpha value is -2.87. The lowest BCUT2D eigenvalue weighted by Gasteiger charge is -2.10. The third kappa shape index (κ3) is 5.32. The number of anilines is 1. The molecule has 0 radical (unpaired) electrons. The Morgan fingerprint density at radius 1 is 1.08 bits per heavy atom. The van der Waals surface area contributed by atoms with Crippen LogP contribution in [0.2, 0.25) is 0 Å². The van der Waals surface area contributed by atoms with Gasteiger partial charge in [0.2, 0.25) is 0 Å². The summed E-state index contributed by atoms with van der Waals surface area (Å²) in [6.45, 7) is 3.60. The number of carbonyl (C=O) groups excluding carboxylic acids is 2. The Balaban J connectivity index is 2.14. The van der Waals surface area contributed by atoms with Crippen molar-refractivity contribution >= 4 is 27.6 Å². The maximum atomic E-state index is 12.5. The normalized spacial score (nSPS) is 10.8. The first kappa shape index (κ1) is 19.5. The van der Waals surface area contributed by atoms with Crippen LogP contribution in [-0.2, 0) is 19.6 Å². The van der Waals surface area contributed by atoms with Crippen LogP contribution in [0.3, 0.4) is 0 Å². The number of rotatable bonds is 7. The van der Waals surface area contributed by atoms with Crippen LogP contribution in [0.1, 0.15) is 22.8 Å². The average molecular weight is 376 g/mol. The van der Waals surface area contributed by atoms with Crippen molar-refractivity contribution in [3.8, 4) is 0 Å². The summed E-state index contributed by atoms with van der Waals surface area (Å²) in [4.78, 5) is 23.3. The van der Waals surface area contributed by atoms with Gasteiger partial charge in [-0.15, -0.1) is 0 Å². The van der Waals surface area contributed by atoms with E-state index in [0.717, 1.165) is 5.56 Å². The monoisotopic (exact) mass is 376 g/mol. The molecule has 26 heavy (non-hydrogen) atoms. The summed E-state index contributed by atoms with van der Waals surface area (Å²) in [5, 5.41) is 2.50. The zero-order valence-corrected chi connectivity index (χ0v) is 15.3. The van der Waals surface area contributed by atoms with Crippen molar-refractivity contribution in [2.75, 3.05) is 17.9 Å². The lowest BCUT2D eigenvalue weighted by atomic mass is 10.2. The fourth-order valence-electron chi connectivity index (χ4n) is 2.18. The highest BCUT2D eigenvalue weighted by atomic mass is 32.2. The first-order valence-corrected chi connectivity index (χ1v) is 9.43. The van der Waals surface area contributed by atoms with Crippen LogP contribution in [0.25, 0.3) is 0 Å². The minimum Gasteiger partial charge on any atom is -0.452 e. The predicted octanol–water partition coefficient (Wildman–Crippen LogP) is 2.09. The van der Waals surface area contributed by atoms with E-state index < -0.39 is 28.5 Å². The van der Waals surface area contributed by atoms with Crippen molar-refractivity contribution in [3.05, 3.63) is 59.7 Å². The van der Waals surface area contributed by atoms with Crippen LogP contribution < -0.4 is 10.0 Å². The van der Waals surface area contributed by atoms with Crippen molar-refractivity contribution < 1.29 is 22.7 Å². The van der Waals surface area contributed by atoms with Gasteiger partial charge in [0.1, 0.15) is 0 Å². The molecule has 8 heteroatoms. The zero-order chi connectivity index (χ0) is 19.2. The summed E-state index contributed by atoms with van der Waals surface area (Å²) >= 11 is 0. The van der Waals surface area contributed by atoms with Gasteiger partial charge in [-0.05, 0) is 49.7 Å². The molecule has 7 nitrogen and oxygen atoms in total. The van der Waals surface area contributed by atoms with E-state index in [-0.39, 0.29) is 10.5 Å². The molecule has 138 valence electrons. The number of ether oxygens (including phenoxy) is 1. The molecule has 0 aliphatic heterocycles. The second-order valence-corrected chi connectivity index (χ2v) is 7.21. The first-order chi connectivity index (χ1) is 12.3. The molecule has 2 N–H and O–H groups in total. The molecule has 0 heterocycles. The van der Waals surface area contributed by atoms with E-state index in [1.54, 1.807) is 25.1 Å². The highest BCUT2D eigenvalue weighted by Crippen LogP contribution is 2.18. The summed E-state index contributed by atoms with van der Waals surface area (Å²) in [5.41, 5.74) is 1.38. The molecule has 2 aromatic rings. The number of carbonyl (C=O) groups is 2. The molecule has 2 rings (SSSR count). The van der Waals surface area contributed by atoms with Gasteiger partial charge in [-0.2, -0.15) is 0 Å². The molecule has 1 amide bonds. The van der Waals surface area contributed by atoms with Crippen molar-refractivity contribution in [2.24, 2.45) is 0 Å². The second-order valence-electron chi connectivity index (χ2n) is 5.53. The van der Waals surface area contributed by atoms with Crippen molar-refractivity contribution in [2.45, 2.75) is 18.7 Å². The SMILES string of the molecule is CCNC(=O)COC(=O)c1cccc(S(=O)(=O)Nc2cccc(C)c2)c1. The van der Waals surface area contributed by atoms with E-state index in [4.69, 9.17) is 4.74 Å². The fourth-order valence-corrected chi connectivity index (χ4v) is 3.27. The summed E-state index contributed by atoms with van der Waals surface area (Å²) < 4.78 is 32.4. The number of esters is 1. The Bertz CT molecular complexity index is 909. The van der Waals surface area contributed by atoms with Gasteiger partial charge in [0, 0.05) is 12.2 Å². The van der Waals surface area contributed by atoms with E-state index in [9.17, 15) is 18.0 Å². The van der Waals surface area contributed by atoms with Gasteiger partial charge in [0.05, 0.1) is 10.5 Å². The standard InChI is InChI=1S/C18H20N2O5S/c1-3-19-17(21)12-25-18(22)14-7-5-9-16(11-14)26(23,24)20-15-8-4-6-13(2)10-15/h4-11,20H,3,12H2,1-2H3,(H,19,21). The molecule has 0 unspecified atom stereocenters. The molecule has 0 saturated heterocycles. The molecular weight excluding hydrogens is 356 g/mol. The van der Waals surface area contributed by atoms with Crippen LogP contribution in [0, 0.1) is 6.92 Å². The lowest BCUT2D eigenvalue weighted by molar-refractivity contribution is -0.124. The number of sulfonamides is 1. The highest BCUT2D eigenvalue weighted by Gasteiger charge is 2.17. The number of hydrogen-bond acceptors (Lipinski definition) is 5. The van der Waals surface area contributed by atoms with Crippen LogP contribution in [0.5, 0.6) is 0 Å². The average Bonchev–Trinajstić information content (AvgIpc) is 2.60. The molecule has 0 aliphatic carbocycles. The van der Waals surface area contributed by atoms with Gasteiger partial charge in [0.15, 0.2) is 6.61 Å². The highest BCUT2D eigenvalue weighted by molar-refractivity contribution is 7.92. The van der Waals surface area contributed by atoms with E-state index in [1.165, 1.54) is 24.3 Å². The minimum absolute atomic E-state index is 0.0430. The summed E-state index contributed by atoms with van der Waals surface area (Å²) in [6.07, 6.45) is 0. The Kier molecular flexibility index (Phi) is 6.35. The molecule has 0 aromatic heterocycles. The van der Waals surface area contributed by atoms with Crippen molar-refractivity contribution in [1.82, 2.24) is 5.32 Å². The quantitative estimate of drug-likeness (QED) is 0.721. The van der Waals surface area contributed by atoms with Gasteiger partial charge < -0.3 is 10.1 Å². The Morgan fingerprint density at radius 3 is 2.50 bits per heavy atom. The second kappa shape index (κ2) is 8.48. The zero-order valence-electron chi connectivity index (χ0n) is 14.5. The molecule has 0 atom stereocenters. The lowest BCUT2D eigenvalue weighted by Crippen LogP contribution is -2.28. The summed E-state index contributed by atoms with van der Waals surface area (Å²) in [7, 11) is -3.86. The molecule has 2 aromatic carbocycles. The van der Waals surface area contributed by atoms with Gasteiger partial charge >= 0.3 is 5.97 Å².